The number of aliphatic hydroxyl groups is 1. The van der Waals surface area contributed by atoms with Crippen LogP contribution in [0.3, 0.4) is 0 Å². The monoisotopic (exact) mass is 200 g/mol. The van der Waals surface area contributed by atoms with E-state index in [4.69, 9.17) is 5.11 Å². The van der Waals surface area contributed by atoms with Gasteiger partial charge in [-0.15, -0.1) is 0 Å². The fourth-order valence-corrected chi connectivity index (χ4v) is 1.46. The van der Waals surface area contributed by atoms with Gasteiger partial charge in [0.25, 0.3) is 0 Å². The quantitative estimate of drug-likeness (QED) is 0.777. The predicted molar refractivity (Wildman–Crippen MR) is 51.2 cm³/mol. The third-order valence-corrected chi connectivity index (χ3v) is 2.39. The minimum atomic E-state index is -0.868. The minimum Gasteiger partial charge on any atom is -0.395 e. The summed E-state index contributed by atoms with van der Waals surface area (Å²) in [6, 6.07) is 2.31. The van der Waals surface area contributed by atoms with Crippen molar-refractivity contribution in [1.82, 2.24) is 0 Å². The lowest BCUT2D eigenvalue weighted by molar-refractivity contribution is 0.217. The smallest absolute Gasteiger partial charge is 0.159 e. The maximum atomic E-state index is 13.0. The number of halogens is 2. The van der Waals surface area contributed by atoms with Gasteiger partial charge >= 0.3 is 0 Å². The summed E-state index contributed by atoms with van der Waals surface area (Å²) in [4.78, 5) is 0. The molecule has 0 heterocycles. The van der Waals surface area contributed by atoms with Gasteiger partial charge in [0.2, 0.25) is 0 Å². The molecule has 78 valence electrons. The molecule has 1 aromatic rings. The van der Waals surface area contributed by atoms with Gasteiger partial charge in [0.05, 0.1) is 6.61 Å². The molecular weight excluding hydrogens is 186 g/mol. The van der Waals surface area contributed by atoms with Gasteiger partial charge in [0, 0.05) is 5.41 Å². The lowest BCUT2D eigenvalue weighted by Gasteiger charge is -2.24. The van der Waals surface area contributed by atoms with Crippen molar-refractivity contribution < 1.29 is 13.9 Å². The first kappa shape index (κ1) is 11.1. The molecule has 0 aliphatic heterocycles. The van der Waals surface area contributed by atoms with E-state index in [9.17, 15) is 8.78 Å². The van der Waals surface area contributed by atoms with Crippen LogP contribution in [0.4, 0.5) is 8.78 Å². The van der Waals surface area contributed by atoms with Crippen LogP contribution < -0.4 is 0 Å². The van der Waals surface area contributed by atoms with Crippen LogP contribution in [0.1, 0.15) is 25.0 Å². The van der Waals surface area contributed by atoms with E-state index in [2.05, 4.69) is 0 Å². The van der Waals surface area contributed by atoms with Gasteiger partial charge in [0.1, 0.15) is 0 Å². The van der Waals surface area contributed by atoms with Crippen molar-refractivity contribution in [3.8, 4) is 0 Å². The third kappa shape index (κ3) is 1.93. The highest BCUT2D eigenvalue weighted by molar-refractivity contribution is 5.33. The predicted octanol–water partition coefficient (Wildman–Crippen LogP) is 2.54. The summed E-state index contributed by atoms with van der Waals surface area (Å²) in [5, 5.41) is 9.12. The Hall–Kier alpha value is -0.960. The van der Waals surface area contributed by atoms with E-state index < -0.39 is 17.0 Å². The Balaban J connectivity index is 3.29. The summed E-state index contributed by atoms with van der Waals surface area (Å²) in [5.41, 5.74) is 0.750. The van der Waals surface area contributed by atoms with Crippen LogP contribution in [0.2, 0.25) is 0 Å². The number of benzene rings is 1. The fourth-order valence-electron chi connectivity index (χ4n) is 1.46. The van der Waals surface area contributed by atoms with Gasteiger partial charge in [-0.2, -0.15) is 0 Å². The zero-order valence-corrected chi connectivity index (χ0v) is 8.56. The van der Waals surface area contributed by atoms with Gasteiger partial charge in [-0.3, -0.25) is 0 Å². The van der Waals surface area contributed by atoms with E-state index in [0.29, 0.717) is 11.1 Å². The second kappa shape index (κ2) is 3.65. The molecule has 1 rings (SSSR count). The molecule has 0 saturated heterocycles. The molecule has 0 spiro atoms. The average molecular weight is 200 g/mol. The molecule has 0 bridgehead atoms. The molecule has 0 fully saturated rings. The Bertz CT molecular complexity index is 345. The molecule has 3 heteroatoms. The van der Waals surface area contributed by atoms with Gasteiger partial charge < -0.3 is 5.11 Å². The maximum Gasteiger partial charge on any atom is 0.159 e. The van der Waals surface area contributed by atoms with Crippen LogP contribution in [0, 0.1) is 18.6 Å². The maximum absolute atomic E-state index is 13.0. The number of aliphatic hydroxyl groups excluding tert-OH is 1. The molecule has 0 atom stereocenters. The van der Waals surface area contributed by atoms with E-state index in [-0.39, 0.29) is 6.61 Å². The van der Waals surface area contributed by atoms with Crippen LogP contribution in [0.5, 0.6) is 0 Å². The van der Waals surface area contributed by atoms with Crippen molar-refractivity contribution in [2.75, 3.05) is 6.61 Å². The van der Waals surface area contributed by atoms with E-state index in [1.807, 2.05) is 0 Å². The lowest BCUT2D eigenvalue weighted by atomic mass is 9.83. The summed E-state index contributed by atoms with van der Waals surface area (Å²) >= 11 is 0. The molecule has 0 unspecified atom stereocenters. The van der Waals surface area contributed by atoms with Crippen LogP contribution in [0.25, 0.3) is 0 Å². The molecule has 0 saturated carbocycles. The lowest BCUT2D eigenvalue weighted by Crippen LogP contribution is -2.23. The Morgan fingerprint density at radius 1 is 1.21 bits per heavy atom. The zero-order chi connectivity index (χ0) is 10.9. The van der Waals surface area contributed by atoms with E-state index in [0.717, 1.165) is 12.1 Å². The Morgan fingerprint density at radius 2 is 1.71 bits per heavy atom. The largest absolute Gasteiger partial charge is 0.395 e. The van der Waals surface area contributed by atoms with Crippen molar-refractivity contribution >= 4 is 0 Å². The molecule has 1 N–H and O–H groups in total. The molecular formula is C11H14F2O. The first-order chi connectivity index (χ1) is 6.38. The van der Waals surface area contributed by atoms with Crippen molar-refractivity contribution in [3.05, 3.63) is 34.9 Å². The number of rotatable bonds is 2. The highest BCUT2D eigenvalue weighted by atomic mass is 19.2. The average Bonchev–Trinajstić information content (AvgIpc) is 2.11. The topological polar surface area (TPSA) is 20.2 Å². The van der Waals surface area contributed by atoms with Gasteiger partial charge in [0.15, 0.2) is 11.6 Å². The summed E-state index contributed by atoms with van der Waals surface area (Å²) in [6.45, 7) is 5.17. The Morgan fingerprint density at radius 3 is 2.21 bits per heavy atom. The molecule has 0 amide bonds. The summed E-state index contributed by atoms with van der Waals surface area (Å²) in [6.07, 6.45) is 0. The van der Waals surface area contributed by atoms with Crippen molar-refractivity contribution in [2.45, 2.75) is 26.2 Å². The summed E-state index contributed by atoms with van der Waals surface area (Å²) in [7, 11) is 0. The SMILES string of the molecule is Cc1cc(F)c(F)cc1C(C)(C)CO. The fraction of sp³-hybridized carbons (Fsp3) is 0.455. The second-order valence-corrected chi connectivity index (χ2v) is 4.12. The Labute approximate surface area is 82.4 Å². The number of hydrogen-bond donors (Lipinski definition) is 1. The third-order valence-electron chi connectivity index (χ3n) is 2.39. The minimum absolute atomic E-state index is 0.0983. The molecule has 14 heavy (non-hydrogen) atoms. The van der Waals surface area contributed by atoms with Gasteiger partial charge in [-0.05, 0) is 30.2 Å². The molecule has 0 aliphatic carbocycles. The van der Waals surface area contributed by atoms with Crippen molar-refractivity contribution in [2.24, 2.45) is 0 Å². The highest BCUT2D eigenvalue weighted by Crippen LogP contribution is 2.27. The van der Waals surface area contributed by atoms with E-state index in [1.165, 1.54) is 0 Å². The zero-order valence-electron chi connectivity index (χ0n) is 8.56. The van der Waals surface area contributed by atoms with Crippen LogP contribution in [-0.4, -0.2) is 11.7 Å². The molecule has 1 aromatic carbocycles. The van der Waals surface area contributed by atoms with Crippen LogP contribution >= 0.6 is 0 Å². The van der Waals surface area contributed by atoms with E-state index in [1.54, 1.807) is 20.8 Å². The first-order valence-electron chi connectivity index (χ1n) is 4.45. The second-order valence-electron chi connectivity index (χ2n) is 4.12. The van der Waals surface area contributed by atoms with Gasteiger partial charge in [-0.1, -0.05) is 13.8 Å². The van der Waals surface area contributed by atoms with E-state index >= 15 is 0 Å². The molecule has 0 radical (unpaired) electrons. The highest BCUT2D eigenvalue weighted by Gasteiger charge is 2.23. The standard InChI is InChI=1S/C11H14F2O/c1-7-4-9(12)10(13)5-8(7)11(2,3)6-14/h4-5,14H,6H2,1-3H3. The number of hydrogen-bond acceptors (Lipinski definition) is 1. The molecule has 1 nitrogen and oxygen atoms in total. The molecule has 0 aromatic heterocycles. The Kier molecular flexibility index (Phi) is 2.90. The molecule has 0 aliphatic rings. The first-order valence-corrected chi connectivity index (χ1v) is 4.45. The summed E-state index contributed by atoms with van der Waals surface area (Å²) in [5.74, 6) is -1.72. The number of aryl methyl sites for hydroxylation is 1. The normalized spacial score (nSPS) is 11.9. The van der Waals surface area contributed by atoms with Crippen LogP contribution in [-0.2, 0) is 5.41 Å². The summed E-state index contributed by atoms with van der Waals surface area (Å²) < 4.78 is 25.8. The van der Waals surface area contributed by atoms with Gasteiger partial charge in [-0.25, -0.2) is 8.78 Å². The van der Waals surface area contributed by atoms with Crippen molar-refractivity contribution in [3.63, 3.8) is 0 Å². The van der Waals surface area contributed by atoms with Crippen molar-refractivity contribution in [1.29, 1.82) is 0 Å². The van der Waals surface area contributed by atoms with Crippen LogP contribution in [0.15, 0.2) is 12.1 Å².